The van der Waals surface area contributed by atoms with Crippen LogP contribution in [-0.4, -0.2) is 34.6 Å². The number of nitrogens with two attached hydrogens (primary N) is 1. The summed E-state index contributed by atoms with van der Waals surface area (Å²) in [4.78, 5) is 20.7. The number of nitrogen functional groups attached to an aromatic ring is 1. The van der Waals surface area contributed by atoms with E-state index in [9.17, 15) is 22.4 Å². The molecule has 1 atom stereocenters. The van der Waals surface area contributed by atoms with Gasteiger partial charge in [-0.3, -0.25) is 4.79 Å². The van der Waals surface area contributed by atoms with E-state index in [-0.39, 0.29) is 17.4 Å². The number of nitrogens with zero attached hydrogens (tertiary/aromatic N) is 2. The minimum absolute atomic E-state index is 0.0663. The summed E-state index contributed by atoms with van der Waals surface area (Å²) in [7, 11) is 0. The quantitative estimate of drug-likeness (QED) is 0.326. The lowest BCUT2D eigenvalue weighted by Gasteiger charge is -2.38. The number of carbonyl (C=O) groups excluding carboxylic acids is 1. The summed E-state index contributed by atoms with van der Waals surface area (Å²) in [5, 5.41) is 5.65. The first kappa shape index (κ1) is 26.9. The topological polar surface area (TPSA) is 102 Å². The van der Waals surface area contributed by atoms with Crippen LogP contribution >= 0.6 is 0 Å². The van der Waals surface area contributed by atoms with Crippen molar-refractivity contribution >= 4 is 17.5 Å². The molecule has 0 radical (unpaired) electrons. The standard InChI is InChI=1S/C27H25F4N5O2/c1-2-26(10-3-11-33-16-26)38-23-9-7-19(27(29,30)31)13-22(23)36-24(37)20-12-17(6-8-21(20)28)4-5-18-14-34-25(32)35-15-18/h6-9,12-15,33H,2-3,10-11,16H2,1H3,(H,36,37)(H2,32,34,35)/t26-/m0/s1. The number of benzene rings is 2. The highest BCUT2D eigenvalue weighted by Crippen LogP contribution is 2.38. The summed E-state index contributed by atoms with van der Waals surface area (Å²) in [6.45, 7) is 3.24. The van der Waals surface area contributed by atoms with Crippen LogP contribution < -0.4 is 21.1 Å². The molecule has 1 aromatic heterocycles. The summed E-state index contributed by atoms with van der Waals surface area (Å²) >= 11 is 0. The minimum atomic E-state index is -4.65. The highest BCUT2D eigenvalue weighted by Gasteiger charge is 2.35. The van der Waals surface area contributed by atoms with E-state index in [2.05, 4.69) is 32.4 Å². The van der Waals surface area contributed by atoms with Crippen molar-refractivity contribution in [2.75, 3.05) is 24.1 Å². The summed E-state index contributed by atoms with van der Waals surface area (Å²) in [5.74, 6) is 3.89. The number of hydrogen-bond acceptors (Lipinski definition) is 6. The van der Waals surface area contributed by atoms with Crippen LogP contribution in [0, 0.1) is 17.7 Å². The molecule has 11 heteroatoms. The second kappa shape index (κ2) is 11.1. The van der Waals surface area contributed by atoms with Gasteiger partial charge in [-0.2, -0.15) is 13.2 Å². The van der Waals surface area contributed by atoms with Crippen LogP contribution in [-0.2, 0) is 6.18 Å². The lowest BCUT2D eigenvalue weighted by Crippen LogP contribution is -2.49. The molecular formula is C27H25F4N5O2. The second-order valence-corrected chi connectivity index (χ2v) is 8.86. The van der Waals surface area contributed by atoms with Gasteiger partial charge in [0.25, 0.3) is 5.91 Å². The van der Waals surface area contributed by atoms with Gasteiger partial charge in [0, 0.05) is 24.5 Å². The molecule has 0 bridgehead atoms. The van der Waals surface area contributed by atoms with Crippen molar-refractivity contribution in [3.63, 3.8) is 0 Å². The molecule has 1 amide bonds. The summed E-state index contributed by atoms with van der Waals surface area (Å²) < 4.78 is 61.2. The van der Waals surface area contributed by atoms with Crippen LogP contribution in [0.15, 0.2) is 48.8 Å². The Morgan fingerprint density at radius 2 is 1.89 bits per heavy atom. The van der Waals surface area contributed by atoms with Crippen LogP contribution in [0.2, 0.25) is 0 Å². The molecule has 38 heavy (non-hydrogen) atoms. The van der Waals surface area contributed by atoms with E-state index in [0.717, 1.165) is 31.2 Å². The fourth-order valence-electron chi connectivity index (χ4n) is 4.04. The Morgan fingerprint density at radius 3 is 2.55 bits per heavy atom. The smallest absolute Gasteiger partial charge is 0.416 e. The van der Waals surface area contributed by atoms with E-state index in [0.29, 0.717) is 30.5 Å². The molecule has 4 rings (SSSR count). The fourth-order valence-corrected chi connectivity index (χ4v) is 4.04. The van der Waals surface area contributed by atoms with Gasteiger partial charge in [0.1, 0.15) is 17.2 Å². The molecule has 0 aliphatic carbocycles. The molecule has 4 N–H and O–H groups in total. The molecule has 3 aromatic rings. The summed E-state index contributed by atoms with van der Waals surface area (Å²) in [6, 6.07) is 6.50. The Bertz CT molecular complexity index is 1370. The van der Waals surface area contributed by atoms with E-state index in [1.54, 1.807) is 0 Å². The Hall–Kier alpha value is -4.17. The van der Waals surface area contributed by atoms with Gasteiger partial charge in [-0.15, -0.1) is 0 Å². The Labute approximate surface area is 216 Å². The lowest BCUT2D eigenvalue weighted by atomic mass is 9.91. The summed E-state index contributed by atoms with van der Waals surface area (Å²) in [5.41, 5.74) is 3.97. The van der Waals surface area contributed by atoms with E-state index < -0.39 is 34.6 Å². The number of aromatic nitrogens is 2. The Kier molecular flexibility index (Phi) is 7.83. The van der Waals surface area contributed by atoms with E-state index in [1.807, 2.05) is 6.92 Å². The van der Waals surface area contributed by atoms with Gasteiger partial charge in [-0.05, 0) is 62.2 Å². The zero-order chi connectivity index (χ0) is 27.3. The zero-order valence-electron chi connectivity index (χ0n) is 20.5. The third kappa shape index (κ3) is 6.39. The average Bonchev–Trinajstić information content (AvgIpc) is 2.90. The third-order valence-electron chi connectivity index (χ3n) is 6.19. The molecule has 1 aliphatic heterocycles. The number of nitrogens with one attached hydrogen (secondary N) is 2. The second-order valence-electron chi connectivity index (χ2n) is 8.86. The maximum Gasteiger partial charge on any atom is 0.416 e. The van der Waals surface area contributed by atoms with E-state index in [4.69, 9.17) is 10.5 Å². The highest BCUT2D eigenvalue weighted by atomic mass is 19.4. The molecule has 1 saturated heterocycles. The normalized spacial score (nSPS) is 17.3. The van der Waals surface area contributed by atoms with Crippen molar-refractivity contribution in [3.8, 4) is 17.6 Å². The SMILES string of the molecule is CC[C@]1(Oc2ccc(C(F)(F)F)cc2NC(=O)c2cc(C#Cc3cnc(N)nc3)ccc2F)CCCNC1. The first-order valence-corrected chi connectivity index (χ1v) is 11.9. The van der Waals surface area contributed by atoms with Crippen LogP contribution in [0.5, 0.6) is 5.75 Å². The van der Waals surface area contributed by atoms with E-state index in [1.165, 1.54) is 30.6 Å². The minimum Gasteiger partial charge on any atom is -0.484 e. The maximum atomic E-state index is 14.6. The van der Waals surface area contributed by atoms with Crippen molar-refractivity contribution in [2.45, 2.75) is 38.0 Å². The van der Waals surface area contributed by atoms with Crippen LogP contribution in [0.1, 0.15) is 53.2 Å². The van der Waals surface area contributed by atoms with Crippen molar-refractivity contribution in [3.05, 3.63) is 76.9 Å². The molecule has 198 valence electrons. The molecule has 1 aliphatic rings. The van der Waals surface area contributed by atoms with Crippen molar-refractivity contribution in [1.82, 2.24) is 15.3 Å². The number of hydrogen-bond donors (Lipinski definition) is 3. The van der Waals surface area contributed by atoms with Crippen LogP contribution in [0.25, 0.3) is 0 Å². The van der Waals surface area contributed by atoms with Crippen molar-refractivity contribution in [2.24, 2.45) is 0 Å². The Balaban J connectivity index is 1.64. The maximum absolute atomic E-state index is 14.6. The molecule has 1 fully saturated rings. The van der Waals surface area contributed by atoms with Gasteiger partial charge < -0.3 is 21.1 Å². The first-order chi connectivity index (χ1) is 18.1. The number of piperidine rings is 1. The molecule has 0 saturated carbocycles. The summed E-state index contributed by atoms with van der Waals surface area (Å²) in [6.07, 6.45) is 0.290. The fraction of sp³-hybridized carbons (Fsp3) is 0.296. The van der Waals surface area contributed by atoms with Gasteiger partial charge >= 0.3 is 6.18 Å². The third-order valence-corrected chi connectivity index (χ3v) is 6.19. The number of rotatable bonds is 5. The number of carbonyl (C=O) groups is 1. The number of alkyl halides is 3. The predicted molar refractivity (Wildman–Crippen MR) is 134 cm³/mol. The average molecular weight is 528 g/mol. The largest absolute Gasteiger partial charge is 0.484 e. The van der Waals surface area contributed by atoms with Crippen molar-refractivity contribution in [1.29, 1.82) is 0 Å². The molecule has 0 unspecified atom stereocenters. The number of halogens is 4. The number of amides is 1. The monoisotopic (exact) mass is 527 g/mol. The molecular weight excluding hydrogens is 502 g/mol. The van der Waals surface area contributed by atoms with Gasteiger partial charge in [-0.25, -0.2) is 14.4 Å². The lowest BCUT2D eigenvalue weighted by molar-refractivity contribution is -0.137. The van der Waals surface area contributed by atoms with Crippen LogP contribution in [0.3, 0.4) is 0 Å². The highest BCUT2D eigenvalue weighted by molar-refractivity contribution is 6.05. The molecule has 2 aromatic carbocycles. The molecule has 7 nitrogen and oxygen atoms in total. The van der Waals surface area contributed by atoms with Gasteiger partial charge in [0.2, 0.25) is 5.95 Å². The molecule has 2 heterocycles. The predicted octanol–water partition coefficient (Wildman–Crippen LogP) is 4.78. The molecule has 0 spiro atoms. The van der Waals surface area contributed by atoms with Crippen LogP contribution in [0.4, 0.5) is 29.2 Å². The van der Waals surface area contributed by atoms with Gasteiger partial charge in [-0.1, -0.05) is 18.8 Å². The Morgan fingerprint density at radius 1 is 1.16 bits per heavy atom. The number of anilines is 2. The first-order valence-electron chi connectivity index (χ1n) is 11.9. The van der Waals surface area contributed by atoms with Gasteiger partial charge in [0.15, 0.2) is 0 Å². The zero-order valence-corrected chi connectivity index (χ0v) is 20.5. The van der Waals surface area contributed by atoms with Gasteiger partial charge in [0.05, 0.1) is 22.4 Å². The number of ether oxygens (including phenoxy) is 1. The van der Waals surface area contributed by atoms with Crippen molar-refractivity contribution < 1.29 is 27.1 Å². The van der Waals surface area contributed by atoms with E-state index >= 15 is 0 Å².